The van der Waals surface area contributed by atoms with Crippen molar-refractivity contribution in [3.63, 3.8) is 0 Å². The third kappa shape index (κ3) is 17.1. The van der Waals surface area contributed by atoms with Crippen LogP contribution < -0.4 is 0 Å². The second-order valence-corrected chi connectivity index (χ2v) is 33.6. The molecule has 0 aliphatic carbocycles. The molecule has 0 unspecified atom stereocenters. The van der Waals surface area contributed by atoms with Gasteiger partial charge in [-0.05, 0) is 25.9 Å². The van der Waals surface area contributed by atoms with Gasteiger partial charge in [0.1, 0.15) is 32.9 Å². The van der Waals surface area contributed by atoms with Crippen molar-refractivity contribution in [2.45, 2.75) is 91.4 Å². The van der Waals surface area contributed by atoms with E-state index >= 15 is 0 Å². The maximum atomic E-state index is 5.77. The van der Waals surface area contributed by atoms with E-state index in [1.807, 2.05) is 0 Å². The first-order valence-corrected chi connectivity index (χ1v) is 27.1. The van der Waals surface area contributed by atoms with Crippen LogP contribution in [0.2, 0.25) is 78.6 Å². The lowest BCUT2D eigenvalue weighted by Crippen LogP contribution is -2.59. The Kier molecular flexibility index (Phi) is 16.8. The van der Waals surface area contributed by atoms with Crippen molar-refractivity contribution < 1.29 is 18.9 Å². The van der Waals surface area contributed by atoms with E-state index in [-0.39, 0.29) is 0 Å². The summed E-state index contributed by atoms with van der Waals surface area (Å²) in [5, 5.41) is 0. The molecule has 0 N–H and O–H groups in total. The highest BCUT2D eigenvalue weighted by Crippen LogP contribution is 2.20. The molecule has 6 nitrogen and oxygen atoms in total. The molecule has 0 aliphatic rings. The standard InChI is InChI=1S/C24H60N2O4Si4/c1-31(2,3)25(32(4,5)6)15-13-17-27-19-21-29-23-24-30-22-20-28-18-14-16-26(33(7,8)9)34(10,11)12/h13-24H2,1-12H3. The molecule has 0 aliphatic heterocycles. The van der Waals surface area contributed by atoms with Crippen LogP contribution in [0.5, 0.6) is 0 Å². The van der Waals surface area contributed by atoms with Gasteiger partial charge < -0.3 is 27.4 Å². The summed E-state index contributed by atoms with van der Waals surface area (Å²) in [4.78, 5) is 0. The van der Waals surface area contributed by atoms with Crippen LogP contribution in [-0.2, 0) is 18.9 Å². The molecule has 0 rings (SSSR count). The minimum Gasteiger partial charge on any atom is -0.379 e. The van der Waals surface area contributed by atoms with E-state index in [0.29, 0.717) is 39.6 Å². The maximum absolute atomic E-state index is 5.77. The van der Waals surface area contributed by atoms with Gasteiger partial charge in [0.2, 0.25) is 0 Å². The molecule has 0 aromatic rings. The molecule has 0 spiro atoms. The summed E-state index contributed by atoms with van der Waals surface area (Å²) in [6, 6.07) is 0. The Balaban J connectivity index is 3.60. The fourth-order valence-electron chi connectivity index (χ4n) is 4.77. The lowest BCUT2D eigenvalue weighted by molar-refractivity contribution is -0.00240. The number of hydrogen-bond donors (Lipinski definition) is 0. The van der Waals surface area contributed by atoms with Crippen molar-refractivity contribution in [2.75, 3.05) is 65.9 Å². The molecule has 0 atom stereocenters. The van der Waals surface area contributed by atoms with Crippen LogP contribution in [0.4, 0.5) is 0 Å². The lowest BCUT2D eigenvalue weighted by atomic mass is 10.5. The summed E-state index contributed by atoms with van der Waals surface area (Å²) in [7, 11) is -5.02. The van der Waals surface area contributed by atoms with E-state index in [1.54, 1.807) is 0 Å². The molecule has 34 heavy (non-hydrogen) atoms. The van der Waals surface area contributed by atoms with Crippen molar-refractivity contribution >= 4 is 32.9 Å². The second kappa shape index (κ2) is 16.5. The van der Waals surface area contributed by atoms with Crippen molar-refractivity contribution in [1.29, 1.82) is 0 Å². The monoisotopic (exact) mass is 552 g/mol. The Morgan fingerprint density at radius 1 is 0.353 bits per heavy atom. The third-order valence-electron chi connectivity index (χ3n) is 5.70. The van der Waals surface area contributed by atoms with Crippen molar-refractivity contribution in [3.8, 4) is 0 Å². The van der Waals surface area contributed by atoms with Crippen LogP contribution in [0.3, 0.4) is 0 Å². The zero-order valence-corrected chi connectivity index (χ0v) is 29.0. The predicted molar refractivity (Wildman–Crippen MR) is 159 cm³/mol. The number of rotatable bonds is 21. The molecule has 0 saturated carbocycles. The summed E-state index contributed by atoms with van der Waals surface area (Å²) < 4.78 is 28.4. The Morgan fingerprint density at radius 2 is 0.559 bits per heavy atom. The zero-order valence-electron chi connectivity index (χ0n) is 25.0. The Labute approximate surface area is 217 Å². The van der Waals surface area contributed by atoms with E-state index in [4.69, 9.17) is 18.9 Å². The summed E-state index contributed by atoms with van der Waals surface area (Å²) in [5.41, 5.74) is 0. The van der Waals surface area contributed by atoms with Crippen LogP contribution in [0.15, 0.2) is 0 Å². The quantitative estimate of drug-likeness (QED) is 0.133. The molecule has 0 bridgehead atoms. The highest BCUT2D eigenvalue weighted by Gasteiger charge is 2.34. The van der Waals surface area contributed by atoms with Crippen LogP contribution in [0.1, 0.15) is 12.8 Å². The average molecular weight is 553 g/mol. The van der Waals surface area contributed by atoms with E-state index in [1.165, 1.54) is 0 Å². The largest absolute Gasteiger partial charge is 0.379 e. The fraction of sp³-hybridized carbons (Fsp3) is 1.00. The van der Waals surface area contributed by atoms with Crippen molar-refractivity contribution in [3.05, 3.63) is 0 Å². The summed E-state index contributed by atoms with van der Waals surface area (Å²) >= 11 is 0. The summed E-state index contributed by atoms with van der Waals surface area (Å²) in [6.45, 7) is 37.2. The molecular weight excluding hydrogens is 493 g/mol. The summed E-state index contributed by atoms with van der Waals surface area (Å²) in [5.74, 6) is 0. The highest BCUT2D eigenvalue weighted by molar-refractivity contribution is 6.90. The van der Waals surface area contributed by atoms with Crippen molar-refractivity contribution in [1.82, 2.24) is 8.46 Å². The zero-order chi connectivity index (χ0) is 26.5. The molecule has 0 amide bonds. The Hall–Kier alpha value is 0.628. The molecule has 0 radical (unpaired) electrons. The van der Waals surface area contributed by atoms with Gasteiger partial charge in [0.15, 0.2) is 0 Å². The maximum Gasteiger partial charge on any atom is 0.112 e. The Morgan fingerprint density at radius 3 is 0.765 bits per heavy atom. The van der Waals surface area contributed by atoms with Gasteiger partial charge >= 0.3 is 0 Å². The van der Waals surface area contributed by atoms with Gasteiger partial charge in [0.25, 0.3) is 0 Å². The minimum atomic E-state index is -1.25. The molecule has 0 aromatic carbocycles. The lowest BCUT2D eigenvalue weighted by Gasteiger charge is -2.43. The van der Waals surface area contributed by atoms with E-state index < -0.39 is 32.9 Å². The SMILES string of the molecule is C[Si](C)(C)N(CCCOCCOCCOCCOCCCN([Si](C)(C)C)[Si](C)(C)C)[Si](C)(C)C. The third-order valence-corrected chi connectivity index (χ3v) is 21.1. The normalized spacial score (nSPS) is 13.9. The van der Waals surface area contributed by atoms with Crippen molar-refractivity contribution in [2.24, 2.45) is 0 Å². The van der Waals surface area contributed by atoms with Crippen LogP contribution >= 0.6 is 0 Å². The smallest absolute Gasteiger partial charge is 0.112 e. The van der Waals surface area contributed by atoms with E-state index in [2.05, 4.69) is 87.0 Å². The predicted octanol–water partition coefficient (Wildman–Crippen LogP) is 5.78. The number of ether oxygens (including phenoxy) is 4. The molecule has 10 heteroatoms. The molecule has 0 heterocycles. The topological polar surface area (TPSA) is 43.4 Å². The first kappa shape index (κ1) is 34.6. The van der Waals surface area contributed by atoms with Gasteiger partial charge in [-0.15, -0.1) is 0 Å². The van der Waals surface area contributed by atoms with Gasteiger partial charge in [-0.25, -0.2) is 0 Å². The highest BCUT2D eigenvalue weighted by atomic mass is 28.4. The first-order valence-electron chi connectivity index (χ1n) is 13.3. The second-order valence-electron chi connectivity index (χ2n) is 13.1. The average Bonchev–Trinajstić information content (AvgIpc) is 2.62. The van der Waals surface area contributed by atoms with Crippen LogP contribution in [0.25, 0.3) is 0 Å². The molecule has 0 fully saturated rings. The number of nitrogens with zero attached hydrogens (tertiary/aromatic N) is 2. The molecular formula is C24H60N2O4Si4. The fourth-order valence-corrected chi connectivity index (χ4v) is 24.2. The first-order chi connectivity index (χ1) is 15.5. The Bertz CT molecular complexity index is 441. The van der Waals surface area contributed by atoms with Gasteiger partial charge in [-0.3, -0.25) is 0 Å². The van der Waals surface area contributed by atoms with Crippen LogP contribution in [-0.4, -0.2) is 107 Å². The molecule has 0 aromatic heterocycles. The van der Waals surface area contributed by atoms with Gasteiger partial charge in [0.05, 0.1) is 39.6 Å². The van der Waals surface area contributed by atoms with Gasteiger partial charge in [0, 0.05) is 13.2 Å². The van der Waals surface area contributed by atoms with Gasteiger partial charge in [-0.2, -0.15) is 0 Å². The number of hydrogen-bond acceptors (Lipinski definition) is 6. The molecule has 206 valence electrons. The molecule has 0 saturated heterocycles. The summed E-state index contributed by atoms with van der Waals surface area (Å²) in [6.07, 6.45) is 2.21. The minimum absolute atomic E-state index is 0.615. The van der Waals surface area contributed by atoms with Gasteiger partial charge in [-0.1, -0.05) is 78.6 Å². The van der Waals surface area contributed by atoms with E-state index in [0.717, 1.165) is 39.1 Å². The van der Waals surface area contributed by atoms with E-state index in [9.17, 15) is 0 Å². The van der Waals surface area contributed by atoms with Crippen LogP contribution in [0, 0.1) is 0 Å².